The van der Waals surface area contributed by atoms with Crippen molar-refractivity contribution in [2.24, 2.45) is 5.92 Å². The first-order valence-corrected chi connectivity index (χ1v) is 8.55. The normalized spacial score (nSPS) is 12.2. The van der Waals surface area contributed by atoms with Gasteiger partial charge in [0.15, 0.2) is 5.78 Å². The summed E-state index contributed by atoms with van der Waals surface area (Å²) in [5, 5.41) is 10.7. The maximum Gasteiger partial charge on any atom is 0.238 e. The summed E-state index contributed by atoms with van der Waals surface area (Å²) in [4.78, 5) is 24.6. The Bertz CT molecular complexity index is 737. The van der Waals surface area contributed by atoms with Crippen LogP contribution in [0.15, 0.2) is 28.7 Å². The molecule has 1 atom stereocenters. The number of aryl methyl sites for hydroxylation is 2. The van der Waals surface area contributed by atoms with Crippen molar-refractivity contribution in [3.8, 4) is 0 Å². The molecule has 1 amide bonds. The van der Waals surface area contributed by atoms with E-state index >= 15 is 0 Å². The number of benzene rings is 1. The molecule has 1 unspecified atom stereocenters. The molecule has 0 bridgehead atoms. The smallest absolute Gasteiger partial charge is 0.238 e. The third-order valence-corrected chi connectivity index (χ3v) is 3.91. The van der Waals surface area contributed by atoms with Gasteiger partial charge >= 0.3 is 0 Å². The zero-order valence-electron chi connectivity index (χ0n) is 15.2. The topological polar surface area (TPSA) is 85.1 Å². The highest BCUT2D eigenvalue weighted by molar-refractivity contribution is 5.99. The Hall–Kier alpha value is -2.50. The van der Waals surface area contributed by atoms with E-state index in [0.717, 1.165) is 5.56 Å². The molecule has 6 heteroatoms. The number of hydrogen-bond acceptors (Lipinski definition) is 5. The number of hydrogen-bond donors (Lipinski definition) is 1. The zero-order chi connectivity index (χ0) is 18.4. The number of amides is 1. The van der Waals surface area contributed by atoms with Crippen molar-refractivity contribution in [2.45, 2.75) is 53.0 Å². The minimum Gasteiger partial charge on any atom is -0.423 e. The summed E-state index contributed by atoms with van der Waals surface area (Å²) in [5.41, 5.74) is 1.59. The number of aromatic nitrogens is 2. The molecule has 2 aromatic rings. The molecule has 6 nitrogen and oxygen atoms in total. The Balaban J connectivity index is 1.95. The molecule has 0 fully saturated rings. The van der Waals surface area contributed by atoms with E-state index in [0.29, 0.717) is 29.7 Å². The molecule has 25 heavy (non-hydrogen) atoms. The maximum atomic E-state index is 12.3. The van der Waals surface area contributed by atoms with E-state index in [1.54, 1.807) is 13.0 Å². The molecule has 134 valence electrons. The SMILES string of the molecule is Cc1nnc(C(CC(C)C)NC(=O)CCC(=O)c2ccccc2C)o1. The Morgan fingerprint density at radius 2 is 1.84 bits per heavy atom. The molecular weight excluding hydrogens is 318 g/mol. The van der Waals surface area contributed by atoms with E-state index < -0.39 is 0 Å². The summed E-state index contributed by atoms with van der Waals surface area (Å²) in [6.45, 7) is 7.73. The van der Waals surface area contributed by atoms with Crippen molar-refractivity contribution in [1.82, 2.24) is 15.5 Å². The van der Waals surface area contributed by atoms with Crippen LogP contribution >= 0.6 is 0 Å². The second-order valence-electron chi connectivity index (χ2n) is 6.65. The monoisotopic (exact) mass is 343 g/mol. The number of ketones is 1. The number of nitrogens with one attached hydrogen (secondary N) is 1. The van der Waals surface area contributed by atoms with Crippen LogP contribution in [0.1, 0.15) is 66.9 Å². The van der Waals surface area contributed by atoms with Crippen LogP contribution in [0.5, 0.6) is 0 Å². The lowest BCUT2D eigenvalue weighted by Crippen LogP contribution is -2.30. The van der Waals surface area contributed by atoms with Crippen LogP contribution < -0.4 is 5.32 Å². The van der Waals surface area contributed by atoms with Gasteiger partial charge in [-0.1, -0.05) is 38.1 Å². The van der Waals surface area contributed by atoms with Gasteiger partial charge in [-0.2, -0.15) is 0 Å². The third-order valence-electron chi connectivity index (χ3n) is 3.91. The summed E-state index contributed by atoms with van der Waals surface area (Å²) in [6, 6.07) is 7.07. The highest BCUT2D eigenvalue weighted by Gasteiger charge is 2.22. The fourth-order valence-electron chi connectivity index (χ4n) is 2.66. The minimum absolute atomic E-state index is 0.0257. The van der Waals surface area contributed by atoms with E-state index in [4.69, 9.17) is 4.42 Å². The molecule has 1 heterocycles. The Morgan fingerprint density at radius 1 is 1.12 bits per heavy atom. The Morgan fingerprint density at radius 3 is 2.44 bits per heavy atom. The van der Waals surface area contributed by atoms with Gasteiger partial charge in [0.1, 0.15) is 6.04 Å². The summed E-state index contributed by atoms with van der Waals surface area (Å²) in [6.07, 6.45) is 1.00. The molecule has 0 saturated heterocycles. The van der Waals surface area contributed by atoms with Crippen molar-refractivity contribution in [3.05, 3.63) is 47.2 Å². The van der Waals surface area contributed by atoms with Crippen LogP contribution in [0, 0.1) is 19.8 Å². The van der Waals surface area contributed by atoms with Crippen molar-refractivity contribution < 1.29 is 14.0 Å². The number of nitrogens with zero attached hydrogens (tertiary/aromatic N) is 2. The van der Waals surface area contributed by atoms with Gasteiger partial charge in [0, 0.05) is 25.3 Å². The van der Waals surface area contributed by atoms with E-state index in [2.05, 4.69) is 29.4 Å². The van der Waals surface area contributed by atoms with E-state index in [-0.39, 0.29) is 30.6 Å². The molecule has 2 rings (SSSR count). The molecule has 0 spiro atoms. The van der Waals surface area contributed by atoms with Gasteiger partial charge in [-0.15, -0.1) is 10.2 Å². The predicted molar refractivity (Wildman–Crippen MR) is 94.1 cm³/mol. The molecule has 0 aliphatic rings. The molecule has 0 aliphatic carbocycles. The zero-order valence-corrected chi connectivity index (χ0v) is 15.2. The molecule has 1 aromatic heterocycles. The molecule has 0 saturated carbocycles. The van der Waals surface area contributed by atoms with Crippen molar-refractivity contribution in [3.63, 3.8) is 0 Å². The average molecular weight is 343 g/mol. The maximum absolute atomic E-state index is 12.3. The van der Waals surface area contributed by atoms with Gasteiger partial charge in [0.25, 0.3) is 0 Å². The van der Waals surface area contributed by atoms with Crippen molar-refractivity contribution in [2.75, 3.05) is 0 Å². The second-order valence-corrected chi connectivity index (χ2v) is 6.65. The third kappa shape index (κ3) is 5.52. The van der Waals surface area contributed by atoms with Crippen LogP contribution in [0.3, 0.4) is 0 Å². The van der Waals surface area contributed by atoms with Gasteiger partial charge in [0.2, 0.25) is 17.7 Å². The predicted octanol–water partition coefficient (Wildman–Crippen LogP) is 3.55. The first-order valence-electron chi connectivity index (χ1n) is 8.55. The van der Waals surface area contributed by atoms with Gasteiger partial charge in [0.05, 0.1) is 0 Å². The number of carbonyl (C=O) groups is 2. The van der Waals surface area contributed by atoms with Crippen LogP contribution in [0.2, 0.25) is 0 Å². The number of rotatable bonds is 8. The number of Topliss-reactive ketones (excluding diaryl/α,β-unsaturated/α-hetero) is 1. The van der Waals surface area contributed by atoms with Crippen LogP contribution in [0.4, 0.5) is 0 Å². The number of carbonyl (C=O) groups excluding carboxylic acids is 2. The quantitative estimate of drug-likeness (QED) is 0.741. The fraction of sp³-hybridized carbons (Fsp3) is 0.474. The lowest BCUT2D eigenvalue weighted by molar-refractivity contribution is -0.122. The molecule has 1 aromatic carbocycles. The molecule has 1 N–H and O–H groups in total. The molecule has 0 radical (unpaired) electrons. The van der Waals surface area contributed by atoms with E-state index in [1.165, 1.54) is 0 Å². The fourth-order valence-corrected chi connectivity index (χ4v) is 2.66. The lowest BCUT2D eigenvalue weighted by atomic mass is 10.0. The van der Waals surface area contributed by atoms with Crippen molar-refractivity contribution >= 4 is 11.7 Å². The van der Waals surface area contributed by atoms with Crippen LogP contribution in [0.25, 0.3) is 0 Å². The molecule has 0 aliphatic heterocycles. The summed E-state index contributed by atoms with van der Waals surface area (Å²) < 4.78 is 5.45. The first-order chi connectivity index (χ1) is 11.9. The Labute approximate surface area is 148 Å². The van der Waals surface area contributed by atoms with Crippen LogP contribution in [-0.4, -0.2) is 21.9 Å². The van der Waals surface area contributed by atoms with Gasteiger partial charge in [-0.25, -0.2) is 0 Å². The standard InChI is InChI=1S/C19H25N3O3/c1-12(2)11-16(19-22-21-14(4)25-19)20-18(24)10-9-17(23)15-8-6-5-7-13(15)3/h5-8,12,16H,9-11H2,1-4H3,(H,20,24). The van der Waals surface area contributed by atoms with E-state index in [1.807, 2.05) is 25.1 Å². The summed E-state index contributed by atoms with van der Waals surface area (Å²) in [7, 11) is 0. The Kier molecular flexibility index (Phi) is 6.44. The summed E-state index contributed by atoms with van der Waals surface area (Å²) >= 11 is 0. The first kappa shape index (κ1) is 18.8. The van der Waals surface area contributed by atoms with Gasteiger partial charge in [-0.05, 0) is 24.8 Å². The average Bonchev–Trinajstić information content (AvgIpc) is 2.98. The minimum atomic E-state index is -0.331. The highest BCUT2D eigenvalue weighted by Crippen LogP contribution is 2.20. The summed E-state index contributed by atoms with van der Waals surface area (Å²) in [5.74, 6) is 1.01. The second kappa shape index (κ2) is 8.55. The van der Waals surface area contributed by atoms with Crippen molar-refractivity contribution in [1.29, 1.82) is 0 Å². The molecular formula is C19H25N3O3. The van der Waals surface area contributed by atoms with Crippen LogP contribution in [-0.2, 0) is 4.79 Å². The largest absolute Gasteiger partial charge is 0.423 e. The lowest BCUT2D eigenvalue weighted by Gasteiger charge is -2.17. The van der Waals surface area contributed by atoms with Gasteiger partial charge < -0.3 is 9.73 Å². The van der Waals surface area contributed by atoms with E-state index in [9.17, 15) is 9.59 Å². The highest BCUT2D eigenvalue weighted by atomic mass is 16.4. The van der Waals surface area contributed by atoms with Gasteiger partial charge in [-0.3, -0.25) is 9.59 Å².